The zero-order valence-electron chi connectivity index (χ0n) is 8.67. The van der Waals surface area contributed by atoms with Gasteiger partial charge in [-0.15, -0.1) is 0 Å². The monoisotopic (exact) mass is 223 g/mol. The van der Waals surface area contributed by atoms with E-state index >= 15 is 0 Å². The molecule has 0 saturated carbocycles. The number of aliphatic hydroxyl groups is 1. The van der Waals surface area contributed by atoms with Crippen molar-refractivity contribution in [1.82, 2.24) is 0 Å². The van der Waals surface area contributed by atoms with E-state index in [4.69, 9.17) is 14.9 Å². The third-order valence-electron chi connectivity index (χ3n) is 2.49. The predicted molar refractivity (Wildman–Crippen MR) is 57.3 cm³/mol. The Morgan fingerprint density at radius 2 is 2.06 bits per heavy atom. The lowest BCUT2D eigenvalue weighted by Gasteiger charge is -2.31. The Hall–Kier alpha value is -1.59. The summed E-state index contributed by atoms with van der Waals surface area (Å²) in [6, 6.07) is 6.36. The number of anilines is 1. The lowest BCUT2D eigenvalue weighted by Crippen LogP contribution is -2.48. The molecule has 5 heteroatoms. The fraction of sp³-hybridized carbons (Fsp3) is 0.364. The molecule has 1 aliphatic heterocycles. The summed E-state index contributed by atoms with van der Waals surface area (Å²) in [6.45, 7) is 0.202. The van der Waals surface area contributed by atoms with E-state index in [0.29, 0.717) is 12.2 Å². The van der Waals surface area contributed by atoms with Gasteiger partial charge in [-0.2, -0.15) is 0 Å². The number of morpholine rings is 1. The number of rotatable bonds is 2. The number of phenols is 1. The maximum Gasteiger partial charge on any atom is 0.253 e. The first-order valence-electron chi connectivity index (χ1n) is 5.02. The molecule has 0 spiro atoms. The maximum absolute atomic E-state index is 11.6. The van der Waals surface area contributed by atoms with Crippen LogP contribution in [-0.2, 0) is 9.53 Å². The number of nitrogens with zero attached hydrogens (tertiary/aromatic N) is 1. The number of carbonyl (C=O) groups is 1. The van der Waals surface area contributed by atoms with Crippen LogP contribution in [0.5, 0.6) is 5.75 Å². The second kappa shape index (κ2) is 4.51. The molecule has 1 aliphatic rings. The predicted octanol–water partition coefficient (Wildman–Crippen LogP) is 0.116. The molecule has 2 rings (SSSR count). The quantitative estimate of drug-likeness (QED) is 0.747. The lowest BCUT2D eigenvalue weighted by atomic mass is 10.2. The van der Waals surface area contributed by atoms with Crippen molar-refractivity contribution < 1.29 is 19.7 Å². The molecule has 0 radical (unpaired) electrons. The van der Waals surface area contributed by atoms with Gasteiger partial charge in [0, 0.05) is 5.69 Å². The van der Waals surface area contributed by atoms with Crippen molar-refractivity contribution >= 4 is 11.6 Å². The minimum atomic E-state index is -0.341. The van der Waals surface area contributed by atoms with Gasteiger partial charge in [0.2, 0.25) is 0 Å². The molecule has 1 fully saturated rings. The van der Waals surface area contributed by atoms with Gasteiger partial charge in [0.1, 0.15) is 12.4 Å². The third-order valence-corrected chi connectivity index (χ3v) is 2.49. The van der Waals surface area contributed by atoms with Crippen molar-refractivity contribution in [3.05, 3.63) is 24.3 Å². The largest absolute Gasteiger partial charge is 0.508 e. The summed E-state index contributed by atoms with van der Waals surface area (Å²) in [6.07, 6.45) is -0.341. The fourth-order valence-corrected chi connectivity index (χ4v) is 1.62. The standard InChI is InChI=1S/C11H13NO4/c13-6-10-5-12(11(15)7-16-10)8-1-3-9(14)4-2-8/h1-4,10,13-14H,5-7H2. The summed E-state index contributed by atoms with van der Waals surface area (Å²) in [4.78, 5) is 13.1. The summed E-state index contributed by atoms with van der Waals surface area (Å²) in [7, 11) is 0. The molecule has 1 aromatic rings. The number of benzene rings is 1. The van der Waals surface area contributed by atoms with Crippen LogP contribution in [0.4, 0.5) is 5.69 Å². The summed E-state index contributed by atoms with van der Waals surface area (Å²) in [5.74, 6) is 0.0126. The Morgan fingerprint density at radius 3 is 2.69 bits per heavy atom. The van der Waals surface area contributed by atoms with E-state index in [-0.39, 0.29) is 31.0 Å². The van der Waals surface area contributed by atoms with Crippen molar-refractivity contribution in [2.75, 3.05) is 24.7 Å². The van der Waals surface area contributed by atoms with Crippen molar-refractivity contribution in [3.8, 4) is 5.75 Å². The van der Waals surface area contributed by atoms with Gasteiger partial charge in [0.25, 0.3) is 5.91 Å². The Bertz CT molecular complexity index is 376. The number of carbonyl (C=O) groups excluding carboxylic acids is 1. The van der Waals surface area contributed by atoms with Crippen molar-refractivity contribution in [2.24, 2.45) is 0 Å². The number of hydrogen-bond acceptors (Lipinski definition) is 4. The zero-order valence-corrected chi connectivity index (χ0v) is 8.67. The minimum Gasteiger partial charge on any atom is -0.508 e. The number of hydrogen-bond donors (Lipinski definition) is 2. The summed E-state index contributed by atoms with van der Waals surface area (Å²) < 4.78 is 5.12. The van der Waals surface area contributed by atoms with E-state index in [0.717, 1.165) is 0 Å². The van der Waals surface area contributed by atoms with Crippen LogP contribution >= 0.6 is 0 Å². The smallest absolute Gasteiger partial charge is 0.253 e. The van der Waals surface area contributed by atoms with Crippen LogP contribution in [0, 0.1) is 0 Å². The maximum atomic E-state index is 11.6. The molecule has 1 atom stereocenters. The molecule has 1 saturated heterocycles. The molecule has 86 valence electrons. The first-order valence-corrected chi connectivity index (χ1v) is 5.02. The van der Waals surface area contributed by atoms with E-state index in [1.165, 1.54) is 12.1 Å². The van der Waals surface area contributed by atoms with Crippen LogP contribution in [0.2, 0.25) is 0 Å². The van der Waals surface area contributed by atoms with Crippen LogP contribution in [-0.4, -0.2) is 42.0 Å². The minimum absolute atomic E-state index is 0.0217. The average molecular weight is 223 g/mol. The molecule has 0 aliphatic carbocycles. The van der Waals surface area contributed by atoms with Crippen molar-refractivity contribution in [3.63, 3.8) is 0 Å². The van der Waals surface area contributed by atoms with Gasteiger partial charge in [-0.05, 0) is 24.3 Å². The Labute approximate surface area is 92.9 Å². The van der Waals surface area contributed by atoms with Crippen LogP contribution < -0.4 is 4.90 Å². The van der Waals surface area contributed by atoms with Gasteiger partial charge in [-0.3, -0.25) is 4.79 Å². The third kappa shape index (κ3) is 2.15. The van der Waals surface area contributed by atoms with Crippen LogP contribution in [0.15, 0.2) is 24.3 Å². The summed E-state index contributed by atoms with van der Waals surface area (Å²) >= 11 is 0. The summed E-state index contributed by atoms with van der Waals surface area (Å²) in [5, 5.41) is 18.1. The molecule has 1 amide bonds. The van der Waals surface area contributed by atoms with Crippen LogP contribution in [0.25, 0.3) is 0 Å². The highest BCUT2D eigenvalue weighted by Gasteiger charge is 2.26. The average Bonchev–Trinajstić information content (AvgIpc) is 2.31. The number of phenolic OH excluding ortho intramolecular Hbond substituents is 1. The molecular weight excluding hydrogens is 210 g/mol. The topological polar surface area (TPSA) is 70.0 Å². The Kier molecular flexibility index (Phi) is 3.07. The number of aromatic hydroxyl groups is 1. The highest BCUT2D eigenvalue weighted by molar-refractivity contribution is 5.95. The van der Waals surface area contributed by atoms with Gasteiger partial charge >= 0.3 is 0 Å². The van der Waals surface area contributed by atoms with E-state index in [2.05, 4.69) is 0 Å². The second-order valence-corrected chi connectivity index (χ2v) is 3.64. The number of amides is 1. The van der Waals surface area contributed by atoms with Crippen molar-refractivity contribution in [1.29, 1.82) is 0 Å². The van der Waals surface area contributed by atoms with E-state index in [9.17, 15) is 4.79 Å². The molecule has 0 aromatic heterocycles. The molecule has 16 heavy (non-hydrogen) atoms. The van der Waals surface area contributed by atoms with Gasteiger partial charge in [0.15, 0.2) is 0 Å². The second-order valence-electron chi connectivity index (χ2n) is 3.64. The zero-order chi connectivity index (χ0) is 11.5. The molecule has 1 aromatic carbocycles. The molecule has 5 nitrogen and oxygen atoms in total. The summed E-state index contributed by atoms with van der Waals surface area (Å²) in [5.41, 5.74) is 0.699. The van der Waals surface area contributed by atoms with Crippen molar-refractivity contribution in [2.45, 2.75) is 6.10 Å². The van der Waals surface area contributed by atoms with Gasteiger partial charge in [-0.25, -0.2) is 0 Å². The van der Waals surface area contributed by atoms with Gasteiger partial charge in [-0.1, -0.05) is 0 Å². The van der Waals surface area contributed by atoms with Crippen LogP contribution in [0.3, 0.4) is 0 Å². The van der Waals surface area contributed by atoms with E-state index in [1.54, 1.807) is 17.0 Å². The highest BCUT2D eigenvalue weighted by Crippen LogP contribution is 2.21. The SMILES string of the molecule is O=C1COC(CO)CN1c1ccc(O)cc1. The lowest BCUT2D eigenvalue weighted by molar-refractivity contribution is -0.130. The Morgan fingerprint density at radius 1 is 1.38 bits per heavy atom. The van der Waals surface area contributed by atoms with Gasteiger partial charge in [0.05, 0.1) is 19.3 Å². The fourth-order valence-electron chi connectivity index (χ4n) is 1.62. The van der Waals surface area contributed by atoms with E-state index in [1.807, 2.05) is 0 Å². The van der Waals surface area contributed by atoms with Gasteiger partial charge < -0.3 is 19.8 Å². The first-order chi connectivity index (χ1) is 7.70. The molecule has 1 heterocycles. The molecular formula is C11H13NO4. The number of ether oxygens (including phenoxy) is 1. The Balaban J connectivity index is 2.17. The normalized spacial score (nSPS) is 21.2. The van der Waals surface area contributed by atoms with Crippen LogP contribution in [0.1, 0.15) is 0 Å². The molecule has 1 unspecified atom stereocenters. The highest BCUT2D eigenvalue weighted by atomic mass is 16.5. The first kappa shape index (κ1) is 10.9. The molecule has 0 bridgehead atoms. The van der Waals surface area contributed by atoms with E-state index < -0.39 is 0 Å². The number of aliphatic hydroxyl groups excluding tert-OH is 1. The molecule has 2 N–H and O–H groups in total.